The van der Waals surface area contributed by atoms with Gasteiger partial charge < -0.3 is 5.32 Å². The third-order valence-electron chi connectivity index (χ3n) is 3.40. The summed E-state index contributed by atoms with van der Waals surface area (Å²) in [5.41, 5.74) is 0.624. The molecule has 0 spiro atoms. The Bertz CT molecular complexity index is 522. The van der Waals surface area contributed by atoms with Crippen LogP contribution in [0.3, 0.4) is 0 Å². The fourth-order valence-electron chi connectivity index (χ4n) is 2.39. The van der Waals surface area contributed by atoms with Crippen molar-refractivity contribution < 1.29 is 12.8 Å². The van der Waals surface area contributed by atoms with Gasteiger partial charge in [0.2, 0.25) is 10.0 Å². The van der Waals surface area contributed by atoms with Crippen molar-refractivity contribution in [2.24, 2.45) is 5.92 Å². The summed E-state index contributed by atoms with van der Waals surface area (Å²) in [4.78, 5) is 0. The number of nitrogens with one attached hydrogen (secondary N) is 1. The van der Waals surface area contributed by atoms with E-state index >= 15 is 0 Å². The van der Waals surface area contributed by atoms with Gasteiger partial charge in [-0.1, -0.05) is 12.1 Å². The Balaban J connectivity index is 0.00000200. The Hall–Kier alpha value is -0.690. The highest BCUT2D eigenvalue weighted by molar-refractivity contribution is 7.88. The van der Waals surface area contributed by atoms with Crippen LogP contribution in [0.1, 0.15) is 12.0 Å². The van der Waals surface area contributed by atoms with Crippen molar-refractivity contribution in [2.75, 3.05) is 26.7 Å². The van der Waals surface area contributed by atoms with Crippen LogP contribution in [-0.2, 0) is 15.8 Å². The molecule has 20 heavy (non-hydrogen) atoms. The predicted molar refractivity (Wildman–Crippen MR) is 79.9 cm³/mol. The van der Waals surface area contributed by atoms with E-state index in [1.165, 1.54) is 24.3 Å². The number of rotatable bonds is 5. The summed E-state index contributed by atoms with van der Waals surface area (Å²) in [5.74, 6) is -0.0241. The molecule has 0 radical (unpaired) electrons. The van der Waals surface area contributed by atoms with Gasteiger partial charge in [0.05, 0.1) is 5.75 Å². The van der Waals surface area contributed by atoms with E-state index in [0.717, 1.165) is 13.0 Å². The highest BCUT2D eigenvalue weighted by Crippen LogP contribution is 2.21. The summed E-state index contributed by atoms with van der Waals surface area (Å²) in [5, 5.41) is 3.07. The number of hydrogen-bond acceptors (Lipinski definition) is 3. The van der Waals surface area contributed by atoms with Crippen molar-refractivity contribution in [3.05, 3.63) is 35.6 Å². The van der Waals surface area contributed by atoms with Crippen molar-refractivity contribution >= 4 is 22.4 Å². The van der Waals surface area contributed by atoms with Crippen molar-refractivity contribution in [1.82, 2.24) is 9.62 Å². The van der Waals surface area contributed by atoms with Crippen LogP contribution in [0.5, 0.6) is 0 Å². The minimum absolute atomic E-state index is 0. The van der Waals surface area contributed by atoms with Crippen molar-refractivity contribution in [3.8, 4) is 0 Å². The lowest BCUT2D eigenvalue weighted by Gasteiger charge is -2.16. The number of nitrogens with zero attached hydrogens (tertiary/aromatic N) is 1. The van der Waals surface area contributed by atoms with Crippen molar-refractivity contribution in [3.63, 3.8) is 0 Å². The van der Waals surface area contributed by atoms with E-state index < -0.39 is 10.0 Å². The third-order valence-corrected chi connectivity index (χ3v) is 5.21. The normalized spacial score (nSPS) is 19.8. The Morgan fingerprint density at radius 1 is 1.35 bits per heavy atom. The minimum Gasteiger partial charge on any atom is -0.319 e. The Labute approximate surface area is 125 Å². The van der Waals surface area contributed by atoms with Crippen molar-refractivity contribution in [2.45, 2.75) is 12.2 Å². The molecule has 114 valence electrons. The van der Waals surface area contributed by atoms with Gasteiger partial charge in [-0.2, -0.15) is 0 Å². The summed E-state index contributed by atoms with van der Waals surface area (Å²) in [6.45, 7) is 1.99. The summed E-state index contributed by atoms with van der Waals surface area (Å²) >= 11 is 0. The van der Waals surface area contributed by atoms with Crippen molar-refractivity contribution in [1.29, 1.82) is 0 Å². The molecule has 1 atom stereocenters. The first kappa shape index (κ1) is 17.4. The molecule has 7 heteroatoms. The van der Waals surface area contributed by atoms with E-state index in [-0.39, 0.29) is 24.0 Å². The minimum atomic E-state index is -3.29. The van der Waals surface area contributed by atoms with E-state index in [4.69, 9.17) is 0 Å². The van der Waals surface area contributed by atoms with Crippen LogP contribution in [0.4, 0.5) is 4.39 Å². The monoisotopic (exact) mass is 322 g/mol. The first-order chi connectivity index (χ1) is 9.01. The maximum atomic E-state index is 12.8. The molecule has 2 rings (SSSR count). The summed E-state index contributed by atoms with van der Waals surface area (Å²) in [7, 11) is -1.42. The molecule has 0 saturated carbocycles. The number of benzene rings is 1. The van der Waals surface area contributed by atoms with E-state index in [2.05, 4.69) is 5.32 Å². The molecule has 1 aliphatic rings. The van der Waals surface area contributed by atoms with Crippen LogP contribution in [-0.4, -0.2) is 39.4 Å². The summed E-state index contributed by atoms with van der Waals surface area (Å²) in [6, 6.07) is 5.62. The Kier molecular flexibility index (Phi) is 6.39. The number of hydrogen-bond donors (Lipinski definition) is 1. The molecular formula is C13H20ClFN2O2S. The highest BCUT2D eigenvalue weighted by Gasteiger charge is 2.30. The molecule has 0 bridgehead atoms. The molecule has 0 amide bonds. The van der Waals surface area contributed by atoms with E-state index in [1.54, 1.807) is 4.31 Å². The fourth-order valence-corrected chi connectivity index (χ4v) is 4.01. The lowest BCUT2D eigenvalue weighted by atomic mass is 10.1. The zero-order valence-corrected chi connectivity index (χ0v) is 13.0. The zero-order valence-electron chi connectivity index (χ0n) is 11.4. The smallest absolute Gasteiger partial charge is 0.218 e. The Morgan fingerprint density at radius 2 is 2.00 bits per heavy atom. The molecule has 1 aromatic carbocycles. The molecule has 4 nitrogen and oxygen atoms in total. The summed E-state index contributed by atoms with van der Waals surface area (Å²) < 4.78 is 38.8. The van der Waals surface area contributed by atoms with Crippen LogP contribution in [0.25, 0.3) is 0 Å². The molecule has 1 fully saturated rings. The lowest BCUT2D eigenvalue weighted by Crippen LogP contribution is -2.31. The zero-order chi connectivity index (χ0) is 13.9. The number of sulfonamides is 1. The molecule has 1 unspecified atom stereocenters. The first-order valence-electron chi connectivity index (χ1n) is 6.38. The van der Waals surface area contributed by atoms with Crippen LogP contribution in [0.15, 0.2) is 24.3 Å². The summed E-state index contributed by atoms with van der Waals surface area (Å²) in [6.07, 6.45) is 0.892. The quantitative estimate of drug-likeness (QED) is 0.896. The van der Waals surface area contributed by atoms with Gasteiger partial charge in [0.1, 0.15) is 5.82 Å². The topological polar surface area (TPSA) is 49.4 Å². The molecule has 1 aliphatic heterocycles. The van der Waals surface area contributed by atoms with Gasteiger partial charge in [0, 0.05) is 13.1 Å². The molecule has 1 aromatic rings. The van der Waals surface area contributed by atoms with Gasteiger partial charge in [-0.05, 0) is 43.6 Å². The van der Waals surface area contributed by atoms with Gasteiger partial charge >= 0.3 is 0 Å². The van der Waals surface area contributed by atoms with Crippen LogP contribution < -0.4 is 5.32 Å². The molecule has 1 heterocycles. The SMILES string of the molecule is CNCC1CCN(S(=O)(=O)Cc2ccc(F)cc2)C1.Cl. The highest BCUT2D eigenvalue weighted by atomic mass is 35.5. The largest absolute Gasteiger partial charge is 0.319 e. The molecule has 0 aliphatic carbocycles. The maximum Gasteiger partial charge on any atom is 0.218 e. The number of halogens is 2. The van der Waals surface area contributed by atoms with Crippen LogP contribution in [0.2, 0.25) is 0 Å². The van der Waals surface area contributed by atoms with Gasteiger partial charge in [-0.15, -0.1) is 12.4 Å². The second kappa shape index (κ2) is 7.36. The fraction of sp³-hybridized carbons (Fsp3) is 0.538. The van der Waals surface area contributed by atoms with Crippen LogP contribution in [0, 0.1) is 11.7 Å². The standard InChI is InChI=1S/C13H19FN2O2S.ClH/c1-15-8-12-6-7-16(9-12)19(17,18)10-11-2-4-13(14)5-3-11;/h2-5,12,15H,6-10H2,1H3;1H. The molecule has 0 aromatic heterocycles. The molecule has 1 saturated heterocycles. The second-order valence-electron chi connectivity index (χ2n) is 4.95. The van der Waals surface area contributed by atoms with Gasteiger partial charge in [0.15, 0.2) is 0 Å². The second-order valence-corrected chi connectivity index (χ2v) is 6.92. The molecular weight excluding hydrogens is 303 g/mol. The lowest BCUT2D eigenvalue weighted by molar-refractivity contribution is 0.450. The third kappa shape index (κ3) is 4.41. The van der Waals surface area contributed by atoms with Crippen LogP contribution >= 0.6 is 12.4 Å². The van der Waals surface area contributed by atoms with Gasteiger partial charge in [-0.3, -0.25) is 0 Å². The van der Waals surface area contributed by atoms with E-state index in [0.29, 0.717) is 24.6 Å². The first-order valence-corrected chi connectivity index (χ1v) is 7.99. The maximum absolute atomic E-state index is 12.8. The average Bonchev–Trinajstić information content (AvgIpc) is 2.82. The van der Waals surface area contributed by atoms with Gasteiger partial charge in [0.25, 0.3) is 0 Å². The van der Waals surface area contributed by atoms with E-state index in [9.17, 15) is 12.8 Å². The Morgan fingerprint density at radius 3 is 2.60 bits per heavy atom. The average molecular weight is 323 g/mol. The van der Waals surface area contributed by atoms with Gasteiger partial charge in [-0.25, -0.2) is 17.1 Å². The molecule has 1 N–H and O–H groups in total. The predicted octanol–water partition coefficient (Wildman–Crippen LogP) is 1.62. The van der Waals surface area contributed by atoms with E-state index in [1.807, 2.05) is 7.05 Å².